The number of fused-ring (bicyclic) bond motifs is 3. The molecule has 0 N–H and O–H groups in total. The van der Waals surface area contributed by atoms with Gasteiger partial charge < -0.3 is 0 Å². The molecule has 4 rings (SSSR count). The summed E-state index contributed by atoms with van der Waals surface area (Å²) in [6.45, 7) is 6.39. The van der Waals surface area contributed by atoms with E-state index in [9.17, 15) is 9.59 Å². The fourth-order valence-electron chi connectivity index (χ4n) is 5.41. The summed E-state index contributed by atoms with van der Waals surface area (Å²) in [5.74, 6) is -0.237. The van der Waals surface area contributed by atoms with Crippen LogP contribution in [0.3, 0.4) is 0 Å². The first kappa shape index (κ1) is 17.2. The summed E-state index contributed by atoms with van der Waals surface area (Å²) in [5, 5.41) is 1.48. The molecule has 2 atom stereocenters. The molecule has 1 spiro atoms. The predicted octanol–water partition coefficient (Wildman–Crippen LogP) is 4.00. The molecule has 0 aromatic heterocycles. The van der Waals surface area contributed by atoms with Crippen LogP contribution in [-0.2, 0) is 19.8 Å². The van der Waals surface area contributed by atoms with Gasteiger partial charge in [-0.05, 0) is 55.5 Å². The molecule has 25 heavy (non-hydrogen) atoms. The predicted molar refractivity (Wildman–Crippen MR) is 98.1 cm³/mol. The minimum atomic E-state index is -1.09. The lowest BCUT2D eigenvalue weighted by Gasteiger charge is -2.39. The molecule has 0 radical (unpaired) electrons. The highest BCUT2D eigenvalue weighted by Crippen LogP contribution is 2.55. The van der Waals surface area contributed by atoms with Gasteiger partial charge in [0.15, 0.2) is 5.78 Å². The van der Waals surface area contributed by atoms with Crippen molar-refractivity contribution >= 4 is 27.6 Å². The average Bonchev–Trinajstić information content (AvgIpc) is 2.66. The van der Waals surface area contributed by atoms with Crippen LogP contribution in [-0.4, -0.2) is 28.9 Å². The monoisotopic (exact) mass is 405 g/mol. The molecule has 2 heterocycles. The summed E-state index contributed by atoms with van der Waals surface area (Å²) in [7, 11) is 0. The fraction of sp³-hybridized carbons (Fsp3) is 0.600. The van der Waals surface area contributed by atoms with E-state index in [1.807, 2.05) is 32.9 Å². The highest BCUT2D eigenvalue weighted by Gasteiger charge is 2.72. The van der Waals surface area contributed by atoms with E-state index in [2.05, 4.69) is 15.9 Å². The number of benzene rings is 1. The standard InChI is InChI=1S/C20H24BrNO3/c1-12-9-15(21)10-13(2)16(12)20-14(3)11-25-22(18(20)24)19(17(20)23)7-5-4-6-8-19/h9-10,14H,4-8,11H2,1-3H3. The van der Waals surface area contributed by atoms with Crippen molar-refractivity contribution in [2.75, 3.05) is 6.61 Å². The number of Topliss-reactive ketones (excluding diaryl/α,β-unsaturated/α-hetero) is 1. The molecule has 1 saturated carbocycles. The van der Waals surface area contributed by atoms with Crippen molar-refractivity contribution in [3.63, 3.8) is 0 Å². The van der Waals surface area contributed by atoms with E-state index in [1.54, 1.807) is 0 Å². The maximum Gasteiger partial charge on any atom is 0.265 e. The third-order valence-corrected chi connectivity index (χ3v) is 6.91. The van der Waals surface area contributed by atoms with Gasteiger partial charge >= 0.3 is 0 Å². The second kappa shape index (κ2) is 5.65. The molecule has 3 aliphatic rings. The molecule has 2 saturated heterocycles. The summed E-state index contributed by atoms with van der Waals surface area (Å²) in [4.78, 5) is 33.4. The molecule has 3 fully saturated rings. The molecule has 2 bridgehead atoms. The summed E-state index contributed by atoms with van der Waals surface area (Å²) < 4.78 is 0.976. The number of aryl methyl sites for hydroxylation is 2. The number of halogens is 1. The van der Waals surface area contributed by atoms with Gasteiger partial charge in [0.2, 0.25) is 0 Å². The van der Waals surface area contributed by atoms with Crippen LogP contribution in [0.25, 0.3) is 0 Å². The molecule has 2 unspecified atom stereocenters. The van der Waals surface area contributed by atoms with E-state index in [1.165, 1.54) is 5.06 Å². The first-order valence-electron chi connectivity index (χ1n) is 9.15. The van der Waals surface area contributed by atoms with Crippen LogP contribution >= 0.6 is 15.9 Å². The zero-order chi connectivity index (χ0) is 18.0. The average molecular weight is 406 g/mol. The minimum absolute atomic E-state index is 0.0724. The summed E-state index contributed by atoms with van der Waals surface area (Å²) in [5.41, 5.74) is 1.04. The number of nitrogens with zero attached hydrogens (tertiary/aromatic N) is 1. The number of ketones is 1. The highest BCUT2D eigenvalue weighted by molar-refractivity contribution is 9.10. The maximum atomic E-state index is 13.9. The Morgan fingerprint density at radius 1 is 1.12 bits per heavy atom. The number of rotatable bonds is 1. The smallest absolute Gasteiger partial charge is 0.265 e. The van der Waals surface area contributed by atoms with E-state index < -0.39 is 11.0 Å². The quantitative estimate of drug-likeness (QED) is 0.663. The summed E-state index contributed by atoms with van der Waals surface area (Å²) in [6, 6.07) is 4.02. The Morgan fingerprint density at radius 3 is 2.32 bits per heavy atom. The number of amides is 1. The second-order valence-electron chi connectivity index (χ2n) is 7.94. The molecular formula is C20H24BrNO3. The van der Waals surface area contributed by atoms with Crippen molar-refractivity contribution in [2.45, 2.75) is 63.8 Å². The van der Waals surface area contributed by atoms with Crippen LogP contribution in [0.1, 0.15) is 55.7 Å². The number of hydrogen-bond donors (Lipinski definition) is 0. The minimum Gasteiger partial charge on any atom is -0.295 e. The van der Waals surface area contributed by atoms with Crippen LogP contribution < -0.4 is 0 Å². The Balaban J connectivity index is 1.98. The molecule has 1 aliphatic carbocycles. The van der Waals surface area contributed by atoms with Crippen LogP contribution in [0.5, 0.6) is 0 Å². The Labute approximate surface area is 157 Å². The second-order valence-corrected chi connectivity index (χ2v) is 8.86. The number of hydroxylamine groups is 2. The van der Waals surface area contributed by atoms with Gasteiger partial charge in [-0.25, -0.2) is 5.06 Å². The van der Waals surface area contributed by atoms with Gasteiger partial charge in [-0.1, -0.05) is 42.1 Å². The zero-order valence-corrected chi connectivity index (χ0v) is 16.6. The van der Waals surface area contributed by atoms with Crippen molar-refractivity contribution in [1.82, 2.24) is 5.06 Å². The largest absolute Gasteiger partial charge is 0.295 e. The molecule has 1 aromatic carbocycles. The summed E-state index contributed by atoms with van der Waals surface area (Å²) in [6.07, 6.45) is 4.51. The van der Waals surface area contributed by atoms with Gasteiger partial charge in [-0.2, -0.15) is 0 Å². The normalized spacial score (nSPS) is 31.0. The first-order valence-corrected chi connectivity index (χ1v) is 9.94. The molecule has 1 amide bonds. The van der Waals surface area contributed by atoms with Crippen molar-refractivity contribution in [2.24, 2.45) is 5.92 Å². The Morgan fingerprint density at radius 2 is 1.72 bits per heavy atom. The Bertz CT molecular complexity index is 745. The van der Waals surface area contributed by atoms with Crippen LogP contribution in [0, 0.1) is 19.8 Å². The van der Waals surface area contributed by atoms with Crippen LogP contribution in [0.15, 0.2) is 16.6 Å². The van der Waals surface area contributed by atoms with E-state index in [-0.39, 0.29) is 17.6 Å². The number of carbonyl (C=O) groups is 2. The topological polar surface area (TPSA) is 46.6 Å². The van der Waals surface area contributed by atoms with Gasteiger partial charge in [-0.3, -0.25) is 14.4 Å². The van der Waals surface area contributed by atoms with Crippen molar-refractivity contribution in [3.05, 3.63) is 33.3 Å². The lowest BCUT2D eigenvalue weighted by molar-refractivity contribution is -0.229. The van der Waals surface area contributed by atoms with Gasteiger partial charge in [0.1, 0.15) is 11.0 Å². The third kappa shape index (κ3) is 2.02. The molecular weight excluding hydrogens is 382 g/mol. The Hall–Kier alpha value is -1.20. The molecule has 5 heteroatoms. The molecule has 2 aliphatic heterocycles. The van der Waals surface area contributed by atoms with E-state index in [4.69, 9.17) is 4.84 Å². The van der Waals surface area contributed by atoms with E-state index in [0.29, 0.717) is 6.61 Å². The highest BCUT2D eigenvalue weighted by atomic mass is 79.9. The van der Waals surface area contributed by atoms with Gasteiger partial charge in [0.05, 0.1) is 6.61 Å². The van der Waals surface area contributed by atoms with Crippen LogP contribution in [0.2, 0.25) is 0 Å². The Kier molecular flexibility index (Phi) is 3.89. The molecule has 134 valence electrons. The SMILES string of the molecule is Cc1cc(Br)cc(C)c1C12C(=O)N(OCC1C)C1(CCCCC1)C2=O. The lowest BCUT2D eigenvalue weighted by atomic mass is 9.62. The van der Waals surface area contributed by atoms with Crippen molar-refractivity contribution in [3.8, 4) is 0 Å². The molecule has 4 nitrogen and oxygen atoms in total. The molecule has 1 aromatic rings. The van der Waals surface area contributed by atoms with Crippen molar-refractivity contribution in [1.29, 1.82) is 0 Å². The fourth-order valence-corrected chi connectivity index (χ4v) is 6.09. The maximum absolute atomic E-state index is 13.9. The van der Waals surface area contributed by atoms with E-state index in [0.717, 1.165) is 53.3 Å². The lowest BCUT2D eigenvalue weighted by Crippen LogP contribution is -2.53. The van der Waals surface area contributed by atoms with Crippen molar-refractivity contribution < 1.29 is 14.4 Å². The third-order valence-electron chi connectivity index (χ3n) is 6.46. The van der Waals surface area contributed by atoms with E-state index >= 15 is 0 Å². The van der Waals surface area contributed by atoms with Gasteiger partial charge in [-0.15, -0.1) is 0 Å². The summed E-state index contributed by atoms with van der Waals surface area (Å²) >= 11 is 3.53. The number of carbonyl (C=O) groups excluding carboxylic acids is 2. The van der Waals surface area contributed by atoms with Gasteiger partial charge in [0.25, 0.3) is 5.91 Å². The van der Waals surface area contributed by atoms with Crippen LogP contribution in [0.4, 0.5) is 0 Å². The first-order chi connectivity index (χ1) is 11.9. The zero-order valence-electron chi connectivity index (χ0n) is 15.0. The van der Waals surface area contributed by atoms with Gasteiger partial charge in [0, 0.05) is 10.4 Å². The number of hydrogen-bond acceptors (Lipinski definition) is 3.